The Hall–Kier alpha value is -4.20. The van der Waals surface area contributed by atoms with Crippen molar-refractivity contribution in [3.63, 3.8) is 0 Å². The first-order chi connectivity index (χ1) is 16.0. The van der Waals surface area contributed by atoms with Gasteiger partial charge in [0.25, 0.3) is 0 Å². The number of hydrogen-bond acceptors (Lipinski definition) is 4. The first-order valence-corrected chi connectivity index (χ1v) is 10.2. The Labute approximate surface area is 187 Å². The van der Waals surface area contributed by atoms with E-state index in [1.807, 2.05) is 60.7 Å². The van der Waals surface area contributed by atoms with E-state index in [0.29, 0.717) is 17.3 Å². The van der Waals surface area contributed by atoms with Crippen LogP contribution in [0.15, 0.2) is 95.5 Å². The fourth-order valence-electron chi connectivity index (χ4n) is 3.60. The summed E-state index contributed by atoms with van der Waals surface area (Å²) in [5, 5.41) is 7.94. The van der Waals surface area contributed by atoms with E-state index in [-0.39, 0.29) is 17.8 Å². The summed E-state index contributed by atoms with van der Waals surface area (Å²) in [6.07, 6.45) is -3.03. The van der Waals surface area contributed by atoms with Gasteiger partial charge in [0.1, 0.15) is 17.9 Å². The highest BCUT2D eigenvalue weighted by atomic mass is 19.4. The number of benzene rings is 3. The zero-order valence-electron chi connectivity index (χ0n) is 17.2. The first kappa shape index (κ1) is 20.7. The van der Waals surface area contributed by atoms with E-state index in [1.165, 1.54) is 29.1 Å². The number of nitrogens with zero attached hydrogens (tertiary/aromatic N) is 4. The van der Waals surface area contributed by atoms with Gasteiger partial charge in [0.05, 0.1) is 11.8 Å². The van der Waals surface area contributed by atoms with Crippen LogP contribution in [0, 0.1) is 0 Å². The van der Waals surface area contributed by atoms with Crippen LogP contribution in [0.1, 0.15) is 11.5 Å². The van der Waals surface area contributed by atoms with Crippen molar-refractivity contribution in [3.05, 3.63) is 103 Å². The molecule has 33 heavy (non-hydrogen) atoms. The zero-order valence-corrected chi connectivity index (χ0v) is 17.2. The summed E-state index contributed by atoms with van der Waals surface area (Å²) in [6, 6.07) is 24.5. The van der Waals surface area contributed by atoms with Crippen LogP contribution in [0.25, 0.3) is 33.8 Å². The molecular weight excluding hydrogens is 429 g/mol. The van der Waals surface area contributed by atoms with Crippen LogP contribution >= 0.6 is 0 Å². The smallest absolute Gasteiger partial charge is 0.417 e. The molecule has 0 saturated heterocycles. The molecule has 5 nitrogen and oxygen atoms in total. The van der Waals surface area contributed by atoms with E-state index in [2.05, 4.69) is 15.3 Å². The molecule has 0 aliphatic heterocycles. The van der Waals surface area contributed by atoms with Crippen molar-refractivity contribution >= 4 is 0 Å². The average Bonchev–Trinajstić information content (AvgIpc) is 3.47. The third-order valence-electron chi connectivity index (χ3n) is 5.10. The number of oxazole rings is 1. The molecule has 0 spiro atoms. The fraction of sp³-hybridized carbons (Fsp3) is 0.0800. The molecule has 0 bridgehead atoms. The summed E-state index contributed by atoms with van der Waals surface area (Å²) in [4.78, 5) is 4.66. The van der Waals surface area contributed by atoms with E-state index in [4.69, 9.17) is 4.42 Å². The van der Waals surface area contributed by atoms with Gasteiger partial charge in [-0.15, -0.1) is 5.10 Å². The highest BCUT2D eigenvalue weighted by Gasteiger charge is 2.34. The maximum Gasteiger partial charge on any atom is 0.417 e. The first-order valence-electron chi connectivity index (χ1n) is 10.2. The summed E-state index contributed by atoms with van der Waals surface area (Å²) in [7, 11) is 0. The third-order valence-corrected chi connectivity index (χ3v) is 5.10. The molecular formula is C25H17F3N4O. The maximum atomic E-state index is 13.4. The van der Waals surface area contributed by atoms with E-state index >= 15 is 0 Å². The van der Waals surface area contributed by atoms with Crippen LogP contribution in [0.2, 0.25) is 0 Å². The van der Waals surface area contributed by atoms with Gasteiger partial charge in [0.15, 0.2) is 5.76 Å². The molecule has 0 unspecified atom stereocenters. The minimum absolute atomic E-state index is 0.0291. The Morgan fingerprint density at radius 3 is 2.12 bits per heavy atom. The van der Waals surface area contributed by atoms with Crippen LogP contribution in [0.3, 0.4) is 0 Å². The van der Waals surface area contributed by atoms with Crippen molar-refractivity contribution < 1.29 is 17.6 Å². The van der Waals surface area contributed by atoms with Gasteiger partial charge in [0.2, 0.25) is 5.89 Å². The Kier molecular flexibility index (Phi) is 5.26. The SMILES string of the molecule is FC(F)(F)c1ccccc1-c1cn(Cc2nc(-c3ccccc3)c(-c3ccccc3)o2)nn1. The van der Waals surface area contributed by atoms with Gasteiger partial charge in [-0.1, -0.05) is 84.1 Å². The second-order valence-corrected chi connectivity index (χ2v) is 7.36. The molecule has 0 aliphatic rings. The lowest BCUT2D eigenvalue weighted by Crippen LogP contribution is -2.06. The summed E-state index contributed by atoms with van der Waals surface area (Å²) in [5.74, 6) is 0.979. The Morgan fingerprint density at radius 2 is 1.42 bits per heavy atom. The molecule has 0 aliphatic carbocycles. The number of hydrogen-bond donors (Lipinski definition) is 0. The van der Waals surface area contributed by atoms with E-state index in [9.17, 15) is 13.2 Å². The van der Waals surface area contributed by atoms with Gasteiger partial charge in [-0.2, -0.15) is 13.2 Å². The molecule has 5 aromatic rings. The average molecular weight is 446 g/mol. The minimum atomic E-state index is -4.49. The third kappa shape index (κ3) is 4.27. The number of rotatable bonds is 5. The Morgan fingerprint density at radius 1 is 0.788 bits per heavy atom. The van der Waals surface area contributed by atoms with E-state index in [0.717, 1.165) is 17.2 Å². The molecule has 2 heterocycles. The molecule has 0 radical (unpaired) electrons. The summed E-state index contributed by atoms with van der Waals surface area (Å²) >= 11 is 0. The van der Waals surface area contributed by atoms with Gasteiger partial charge in [0, 0.05) is 16.7 Å². The molecule has 5 rings (SSSR count). The van der Waals surface area contributed by atoms with Crippen LogP contribution in [0.4, 0.5) is 13.2 Å². The molecule has 0 N–H and O–H groups in total. The monoisotopic (exact) mass is 446 g/mol. The van der Waals surface area contributed by atoms with Crippen molar-refractivity contribution in [2.75, 3.05) is 0 Å². The summed E-state index contributed by atoms with van der Waals surface area (Å²) in [6.45, 7) is 0.119. The number of alkyl halides is 3. The predicted molar refractivity (Wildman–Crippen MR) is 117 cm³/mol. The lowest BCUT2D eigenvalue weighted by Gasteiger charge is -2.10. The molecule has 164 valence electrons. The van der Waals surface area contributed by atoms with Crippen molar-refractivity contribution in [3.8, 4) is 33.8 Å². The second-order valence-electron chi connectivity index (χ2n) is 7.36. The quantitative estimate of drug-likeness (QED) is 0.316. The molecule has 0 saturated carbocycles. The highest BCUT2D eigenvalue weighted by molar-refractivity contribution is 5.76. The number of halogens is 3. The Balaban J connectivity index is 1.50. The summed E-state index contributed by atoms with van der Waals surface area (Å²) < 4.78 is 47.6. The lowest BCUT2D eigenvalue weighted by molar-refractivity contribution is -0.137. The molecule has 0 atom stereocenters. The number of aromatic nitrogens is 4. The Bertz CT molecular complexity index is 1320. The molecule has 8 heteroatoms. The minimum Gasteiger partial charge on any atom is -0.438 e. The fourth-order valence-corrected chi connectivity index (χ4v) is 3.60. The van der Waals surface area contributed by atoms with Crippen LogP contribution < -0.4 is 0 Å². The molecule has 2 aromatic heterocycles. The van der Waals surface area contributed by atoms with E-state index < -0.39 is 11.7 Å². The standard InChI is InChI=1S/C25H17F3N4O/c26-25(27,28)20-14-8-7-13-19(20)21-15-32(31-30-21)16-22-29-23(17-9-3-1-4-10-17)24(33-22)18-11-5-2-6-12-18/h1-15H,16H2. The molecule has 3 aromatic carbocycles. The normalized spacial score (nSPS) is 11.6. The molecule has 0 amide bonds. The van der Waals surface area contributed by atoms with Crippen molar-refractivity contribution in [1.82, 2.24) is 20.0 Å². The zero-order chi connectivity index (χ0) is 22.8. The van der Waals surface area contributed by atoms with Crippen LogP contribution in [-0.4, -0.2) is 20.0 Å². The maximum absolute atomic E-state index is 13.4. The van der Waals surface area contributed by atoms with Crippen molar-refractivity contribution in [1.29, 1.82) is 0 Å². The second kappa shape index (κ2) is 8.38. The van der Waals surface area contributed by atoms with Crippen LogP contribution in [0.5, 0.6) is 0 Å². The highest BCUT2D eigenvalue weighted by Crippen LogP contribution is 2.36. The van der Waals surface area contributed by atoms with E-state index in [1.54, 1.807) is 0 Å². The topological polar surface area (TPSA) is 56.7 Å². The lowest BCUT2D eigenvalue weighted by atomic mass is 10.1. The van der Waals surface area contributed by atoms with Gasteiger partial charge in [-0.25, -0.2) is 9.67 Å². The summed E-state index contributed by atoms with van der Waals surface area (Å²) in [5.41, 5.74) is 1.78. The van der Waals surface area contributed by atoms with Gasteiger partial charge in [-0.3, -0.25) is 0 Å². The largest absolute Gasteiger partial charge is 0.438 e. The van der Waals surface area contributed by atoms with Gasteiger partial charge < -0.3 is 4.42 Å². The molecule has 0 fully saturated rings. The predicted octanol–water partition coefficient (Wildman–Crippen LogP) is 6.33. The van der Waals surface area contributed by atoms with Gasteiger partial charge >= 0.3 is 6.18 Å². The van der Waals surface area contributed by atoms with Crippen molar-refractivity contribution in [2.24, 2.45) is 0 Å². The van der Waals surface area contributed by atoms with Crippen molar-refractivity contribution in [2.45, 2.75) is 12.7 Å². The van der Waals surface area contributed by atoms with Gasteiger partial charge in [-0.05, 0) is 6.07 Å². The van der Waals surface area contributed by atoms with Crippen LogP contribution in [-0.2, 0) is 12.7 Å².